The molecule has 0 aliphatic carbocycles. The van der Waals surface area contributed by atoms with Crippen LogP contribution in [0, 0.1) is 0 Å². The lowest BCUT2D eigenvalue weighted by atomic mass is 10.2. The number of carbonyl (C=O) groups excluding carboxylic acids is 4. The second kappa shape index (κ2) is 9.11. The number of esters is 2. The summed E-state index contributed by atoms with van der Waals surface area (Å²) in [4.78, 5) is 47.7. The molecule has 0 aromatic carbocycles. The molecule has 8 nitrogen and oxygen atoms in total. The average molecular weight is 396 g/mol. The summed E-state index contributed by atoms with van der Waals surface area (Å²) in [6.07, 6.45) is -0.167. The van der Waals surface area contributed by atoms with E-state index in [9.17, 15) is 19.2 Å². The Bertz CT molecular complexity index is 758. The van der Waals surface area contributed by atoms with Gasteiger partial charge in [0.15, 0.2) is 0 Å². The van der Waals surface area contributed by atoms with E-state index in [0.717, 1.165) is 22.7 Å². The minimum Gasteiger partial charge on any atom is -0.465 e. The van der Waals surface area contributed by atoms with E-state index in [2.05, 4.69) is 20.1 Å². The summed E-state index contributed by atoms with van der Waals surface area (Å²) >= 11 is 2.29. The molecule has 2 amide bonds. The molecule has 138 valence electrons. The molecule has 2 rings (SSSR count). The highest BCUT2D eigenvalue weighted by Gasteiger charge is 2.18. The molecule has 2 aromatic rings. The second-order valence-electron chi connectivity index (χ2n) is 4.91. The quantitative estimate of drug-likeness (QED) is 0.696. The molecule has 0 fully saturated rings. The Hall–Kier alpha value is -2.72. The van der Waals surface area contributed by atoms with Gasteiger partial charge in [0.2, 0.25) is 11.8 Å². The average Bonchev–Trinajstić information content (AvgIpc) is 3.28. The predicted molar refractivity (Wildman–Crippen MR) is 97.8 cm³/mol. The van der Waals surface area contributed by atoms with Gasteiger partial charge in [0.25, 0.3) is 0 Å². The zero-order chi connectivity index (χ0) is 19.1. The molecule has 0 bridgehead atoms. The van der Waals surface area contributed by atoms with Gasteiger partial charge < -0.3 is 20.1 Å². The summed E-state index contributed by atoms with van der Waals surface area (Å²) in [5.41, 5.74) is 0.691. The number of nitrogens with one attached hydrogen (secondary N) is 2. The van der Waals surface area contributed by atoms with Crippen molar-refractivity contribution in [2.45, 2.75) is 12.8 Å². The van der Waals surface area contributed by atoms with Gasteiger partial charge in [-0.1, -0.05) is 0 Å². The fraction of sp³-hybridized carbons (Fsp3) is 0.250. The third-order valence-electron chi connectivity index (χ3n) is 3.20. The molecule has 0 atom stereocenters. The van der Waals surface area contributed by atoms with Gasteiger partial charge in [0, 0.05) is 12.8 Å². The normalized spacial score (nSPS) is 10.1. The summed E-state index contributed by atoms with van der Waals surface area (Å²) in [6.45, 7) is 0. The van der Waals surface area contributed by atoms with Gasteiger partial charge in [-0.2, -0.15) is 0 Å². The largest absolute Gasteiger partial charge is 0.465 e. The SMILES string of the molecule is COC(=O)c1sccc1NC(=O)CCC(=O)Nc1ccsc1C(=O)OC. The first kappa shape index (κ1) is 19.6. The van der Waals surface area contributed by atoms with Crippen molar-refractivity contribution in [3.8, 4) is 0 Å². The van der Waals surface area contributed by atoms with E-state index in [4.69, 9.17) is 0 Å². The highest BCUT2D eigenvalue weighted by atomic mass is 32.1. The highest BCUT2D eigenvalue weighted by molar-refractivity contribution is 7.13. The van der Waals surface area contributed by atoms with Gasteiger partial charge >= 0.3 is 11.9 Å². The third-order valence-corrected chi connectivity index (χ3v) is 4.99. The molecular formula is C16H16N2O6S2. The van der Waals surface area contributed by atoms with Gasteiger partial charge in [-0.05, 0) is 22.9 Å². The van der Waals surface area contributed by atoms with Crippen molar-refractivity contribution in [1.29, 1.82) is 0 Å². The Labute approximate surface area is 157 Å². The second-order valence-corrected chi connectivity index (χ2v) is 6.74. The number of hydrogen-bond donors (Lipinski definition) is 2. The molecule has 2 N–H and O–H groups in total. The van der Waals surface area contributed by atoms with Crippen molar-refractivity contribution in [2.24, 2.45) is 0 Å². The van der Waals surface area contributed by atoms with Crippen LogP contribution in [0.15, 0.2) is 22.9 Å². The van der Waals surface area contributed by atoms with E-state index in [0.29, 0.717) is 11.4 Å². The van der Waals surface area contributed by atoms with Crippen LogP contribution in [-0.2, 0) is 19.1 Å². The number of hydrogen-bond acceptors (Lipinski definition) is 8. The number of rotatable bonds is 7. The summed E-state index contributed by atoms with van der Waals surface area (Å²) in [6, 6.07) is 3.17. The fourth-order valence-corrected chi connectivity index (χ4v) is 3.50. The van der Waals surface area contributed by atoms with Crippen LogP contribution < -0.4 is 10.6 Å². The number of ether oxygens (including phenoxy) is 2. The molecule has 26 heavy (non-hydrogen) atoms. The molecule has 10 heteroatoms. The van der Waals surface area contributed by atoms with Crippen LogP contribution in [0.3, 0.4) is 0 Å². The first-order valence-corrected chi connectivity index (χ1v) is 9.13. The van der Waals surface area contributed by atoms with Crippen molar-refractivity contribution in [2.75, 3.05) is 24.9 Å². The number of anilines is 2. The summed E-state index contributed by atoms with van der Waals surface area (Å²) in [7, 11) is 2.51. The first-order chi connectivity index (χ1) is 12.5. The monoisotopic (exact) mass is 396 g/mol. The molecule has 0 radical (unpaired) electrons. The Balaban J connectivity index is 1.87. The van der Waals surface area contributed by atoms with Crippen molar-refractivity contribution < 1.29 is 28.7 Å². The first-order valence-electron chi connectivity index (χ1n) is 7.37. The number of carbonyl (C=O) groups is 4. The zero-order valence-corrected chi connectivity index (χ0v) is 15.6. The van der Waals surface area contributed by atoms with Crippen molar-refractivity contribution in [1.82, 2.24) is 0 Å². The maximum absolute atomic E-state index is 12.0. The van der Waals surface area contributed by atoms with Crippen LogP contribution in [0.4, 0.5) is 11.4 Å². The van der Waals surface area contributed by atoms with E-state index in [1.165, 1.54) is 14.2 Å². The summed E-state index contributed by atoms with van der Waals surface area (Å²) < 4.78 is 9.27. The minimum atomic E-state index is -0.541. The van der Waals surface area contributed by atoms with E-state index in [-0.39, 0.29) is 22.6 Å². The highest BCUT2D eigenvalue weighted by Crippen LogP contribution is 2.24. The molecule has 0 saturated carbocycles. The van der Waals surface area contributed by atoms with E-state index in [1.54, 1.807) is 22.9 Å². The van der Waals surface area contributed by atoms with Crippen LogP contribution >= 0.6 is 22.7 Å². The van der Waals surface area contributed by atoms with Gasteiger partial charge in [0.05, 0.1) is 25.6 Å². The Morgan fingerprint density at radius 2 is 1.19 bits per heavy atom. The van der Waals surface area contributed by atoms with E-state index < -0.39 is 23.8 Å². The van der Waals surface area contributed by atoms with Crippen LogP contribution in [0.25, 0.3) is 0 Å². The Kier molecular flexibility index (Phi) is 6.87. The molecule has 0 unspecified atom stereocenters. The lowest BCUT2D eigenvalue weighted by Gasteiger charge is -2.07. The maximum Gasteiger partial charge on any atom is 0.350 e. The van der Waals surface area contributed by atoms with E-state index in [1.807, 2.05) is 0 Å². The number of methoxy groups -OCH3 is 2. The number of amides is 2. The fourth-order valence-electron chi connectivity index (χ4n) is 1.97. The topological polar surface area (TPSA) is 111 Å². The van der Waals surface area contributed by atoms with Crippen molar-refractivity contribution in [3.05, 3.63) is 32.6 Å². The van der Waals surface area contributed by atoms with Crippen molar-refractivity contribution >= 4 is 57.8 Å². The van der Waals surface area contributed by atoms with Gasteiger partial charge in [-0.3, -0.25) is 9.59 Å². The molecule has 0 aliphatic heterocycles. The Morgan fingerprint density at radius 3 is 1.54 bits per heavy atom. The standard InChI is InChI=1S/C16H16N2O6S2/c1-23-15(21)13-9(5-7-25-13)17-11(19)3-4-12(20)18-10-6-8-26-14(10)16(22)24-2/h5-8H,3-4H2,1-2H3,(H,17,19)(H,18,20). The molecule has 0 aliphatic rings. The zero-order valence-electron chi connectivity index (χ0n) is 14.0. The Morgan fingerprint density at radius 1 is 0.808 bits per heavy atom. The van der Waals surface area contributed by atoms with Gasteiger partial charge in [-0.15, -0.1) is 22.7 Å². The number of thiophene rings is 2. The van der Waals surface area contributed by atoms with Crippen LogP contribution in [0.5, 0.6) is 0 Å². The summed E-state index contributed by atoms with van der Waals surface area (Å²) in [5, 5.41) is 8.46. The van der Waals surface area contributed by atoms with Gasteiger partial charge in [0.1, 0.15) is 9.75 Å². The van der Waals surface area contributed by atoms with Crippen LogP contribution in [0.1, 0.15) is 32.2 Å². The van der Waals surface area contributed by atoms with Gasteiger partial charge in [-0.25, -0.2) is 9.59 Å². The molecule has 0 saturated heterocycles. The molecular weight excluding hydrogens is 380 g/mol. The lowest BCUT2D eigenvalue weighted by Crippen LogP contribution is -2.18. The third kappa shape index (κ3) is 4.90. The van der Waals surface area contributed by atoms with E-state index >= 15 is 0 Å². The predicted octanol–water partition coefficient (Wildman–Crippen LogP) is 2.74. The molecule has 2 heterocycles. The van der Waals surface area contributed by atoms with Crippen LogP contribution in [0.2, 0.25) is 0 Å². The molecule has 0 spiro atoms. The smallest absolute Gasteiger partial charge is 0.350 e. The maximum atomic E-state index is 12.0. The lowest BCUT2D eigenvalue weighted by molar-refractivity contribution is -0.121. The van der Waals surface area contributed by atoms with Crippen molar-refractivity contribution in [3.63, 3.8) is 0 Å². The van der Waals surface area contributed by atoms with Crippen LogP contribution in [-0.4, -0.2) is 38.0 Å². The minimum absolute atomic E-state index is 0.0833. The molecule has 2 aromatic heterocycles. The summed E-state index contributed by atoms with van der Waals surface area (Å²) in [5.74, 6) is -1.91.